The molecule has 0 aliphatic carbocycles. The lowest BCUT2D eigenvalue weighted by molar-refractivity contribution is 0.0792. The van der Waals surface area contributed by atoms with Crippen molar-refractivity contribution in [3.63, 3.8) is 0 Å². The van der Waals surface area contributed by atoms with E-state index in [-0.39, 0.29) is 11.8 Å². The monoisotopic (exact) mass is 514 g/mol. The molecule has 1 aliphatic heterocycles. The molecule has 6 rings (SSSR count). The lowest BCUT2D eigenvalue weighted by atomic mass is 9.99. The molecule has 1 unspecified atom stereocenters. The van der Waals surface area contributed by atoms with E-state index < -0.39 is 5.63 Å². The molecule has 192 valence electrons. The maximum atomic E-state index is 13.4. The van der Waals surface area contributed by atoms with Crippen LogP contribution in [0.3, 0.4) is 0 Å². The van der Waals surface area contributed by atoms with Gasteiger partial charge in [-0.2, -0.15) is 0 Å². The van der Waals surface area contributed by atoms with Gasteiger partial charge in [0, 0.05) is 30.0 Å². The van der Waals surface area contributed by atoms with Gasteiger partial charge < -0.3 is 14.6 Å². The second kappa shape index (κ2) is 10.4. The Bertz CT molecular complexity index is 1720. The van der Waals surface area contributed by atoms with Crippen LogP contribution in [0.4, 0.5) is 5.69 Å². The molecule has 1 saturated heterocycles. The van der Waals surface area contributed by atoms with Gasteiger partial charge in [0.05, 0.1) is 16.8 Å². The molecule has 1 aromatic heterocycles. The van der Waals surface area contributed by atoms with Crippen molar-refractivity contribution in [3.8, 4) is 11.1 Å². The van der Waals surface area contributed by atoms with Gasteiger partial charge in [0.1, 0.15) is 5.58 Å². The first kappa shape index (κ1) is 24.4. The zero-order valence-electron chi connectivity index (χ0n) is 21.2. The van der Waals surface area contributed by atoms with E-state index in [0.29, 0.717) is 52.5 Å². The molecule has 1 fully saturated rings. The Morgan fingerprint density at radius 3 is 2.36 bits per heavy atom. The van der Waals surface area contributed by atoms with E-state index in [0.717, 1.165) is 11.8 Å². The van der Waals surface area contributed by atoms with Crippen LogP contribution in [0.2, 0.25) is 0 Å². The standard InChI is InChI=1S/C33H26N2O4/c36-31(24-16-14-23(15-17-24)28-20-25-10-4-7-13-30(25)39-33(28)38)34-29-12-6-5-11-27(29)32(37)35-19-18-26(21-35)22-8-2-1-3-9-22/h1-17,20,26H,18-19,21H2,(H,34,36). The van der Waals surface area contributed by atoms with Crippen LogP contribution in [-0.2, 0) is 0 Å². The van der Waals surface area contributed by atoms with Crippen molar-refractivity contribution in [1.29, 1.82) is 0 Å². The second-order valence-corrected chi connectivity index (χ2v) is 9.71. The van der Waals surface area contributed by atoms with Gasteiger partial charge in [-0.15, -0.1) is 0 Å². The van der Waals surface area contributed by atoms with Gasteiger partial charge in [-0.05, 0) is 53.9 Å². The normalized spacial score (nSPS) is 14.9. The maximum absolute atomic E-state index is 13.4. The number of hydrogen-bond acceptors (Lipinski definition) is 4. The second-order valence-electron chi connectivity index (χ2n) is 9.71. The molecule has 0 saturated carbocycles. The molecule has 2 amide bonds. The number of benzene rings is 4. The molecule has 6 heteroatoms. The third-order valence-electron chi connectivity index (χ3n) is 7.25. The number of para-hydroxylation sites is 2. The summed E-state index contributed by atoms with van der Waals surface area (Å²) in [5.74, 6) is -0.126. The lowest BCUT2D eigenvalue weighted by Gasteiger charge is -2.19. The summed E-state index contributed by atoms with van der Waals surface area (Å²) in [7, 11) is 0. The number of anilines is 1. The van der Waals surface area contributed by atoms with Gasteiger partial charge >= 0.3 is 5.63 Å². The van der Waals surface area contributed by atoms with Gasteiger partial charge in [-0.3, -0.25) is 9.59 Å². The van der Waals surface area contributed by atoms with Crippen LogP contribution in [-0.4, -0.2) is 29.8 Å². The summed E-state index contributed by atoms with van der Waals surface area (Å²) in [5, 5.41) is 3.72. The number of carbonyl (C=O) groups is 2. The molecule has 4 aromatic carbocycles. The minimum absolute atomic E-state index is 0.0947. The number of hydrogen-bond donors (Lipinski definition) is 1. The predicted octanol–water partition coefficient (Wildman–Crippen LogP) is 6.34. The fraction of sp³-hybridized carbons (Fsp3) is 0.121. The number of carbonyl (C=O) groups excluding carboxylic acids is 2. The Morgan fingerprint density at radius 1 is 0.821 bits per heavy atom. The number of rotatable bonds is 5. The average Bonchev–Trinajstić information content (AvgIpc) is 3.48. The van der Waals surface area contributed by atoms with E-state index in [1.54, 1.807) is 60.7 Å². The molecule has 1 N–H and O–H groups in total. The van der Waals surface area contributed by atoms with Gasteiger partial charge in [-0.1, -0.05) is 72.8 Å². The highest BCUT2D eigenvalue weighted by molar-refractivity contribution is 6.09. The molecule has 6 nitrogen and oxygen atoms in total. The Morgan fingerprint density at radius 2 is 1.54 bits per heavy atom. The Hall–Kier alpha value is -4.97. The van der Waals surface area contributed by atoms with Gasteiger partial charge in [-0.25, -0.2) is 4.79 Å². The molecule has 0 bridgehead atoms. The number of nitrogens with one attached hydrogen (secondary N) is 1. The smallest absolute Gasteiger partial charge is 0.344 e. The minimum atomic E-state index is -0.435. The largest absolute Gasteiger partial charge is 0.422 e. The molecule has 39 heavy (non-hydrogen) atoms. The van der Waals surface area contributed by atoms with Crippen LogP contribution >= 0.6 is 0 Å². The Labute approximate surface area is 225 Å². The topological polar surface area (TPSA) is 79.6 Å². The molecule has 1 atom stereocenters. The molecule has 5 aromatic rings. The summed E-state index contributed by atoms with van der Waals surface area (Å²) < 4.78 is 5.44. The fourth-order valence-electron chi connectivity index (χ4n) is 5.15. The van der Waals surface area contributed by atoms with Crippen molar-refractivity contribution in [1.82, 2.24) is 4.90 Å². The molecular weight excluding hydrogens is 488 g/mol. The first-order valence-electron chi connectivity index (χ1n) is 12.9. The average molecular weight is 515 g/mol. The van der Waals surface area contributed by atoms with Crippen LogP contribution in [0.15, 0.2) is 118 Å². The highest BCUT2D eigenvalue weighted by atomic mass is 16.4. The Kier molecular flexibility index (Phi) is 6.51. The van der Waals surface area contributed by atoms with E-state index >= 15 is 0 Å². The Balaban J connectivity index is 1.18. The number of fused-ring (bicyclic) bond motifs is 1. The zero-order valence-corrected chi connectivity index (χ0v) is 21.2. The summed E-state index contributed by atoms with van der Waals surface area (Å²) in [5.41, 5.74) is 3.75. The number of likely N-dealkylation sites (tertiary alicyclic amines) is 1. The van der Waals surface area contributed by atoms with E-state index in [4.69, 9.17) is 4.42 Å². The van der Waals surface area contributed by atoms with E-state index in [9.17, 15) is 14.4 Å². The van der Waals surface area contributed by atoms with Crippen molar-refractivity contribution < 1.29 is 14.0 Å². The van der Waals surface area contributed by atoms with Crippen molar-refractivity contribution in [2.75, 3.05) is 18.4 Å². The van der Waals surface area contributed by atoms with Crippen molar-refractivity contribution in [3.05, 3.63) is 136 Å². The van der Waals surface area contributed by atoms with Crippen LogP contribution in [0.5, 0.6) is 0 Å². The van der Waals surface area contributed by atoms with Gasteiger partial charge in [0.2, 0.25) is 0 Å². The van der Waals surface area contributed by atoms with Crippen molar-refractivity contribution in [2.45, 2.75) is 12.3 Å². The third kappa shape index (κ3) is 4.97. The predicted molar refractivity (Wildman–Crippen MR) is 152 cm³/mol. The van der Waals surface area contributed by atoms with E-state index in [2.05, 4.69) is 17.4 Å². The van der Waals surface area contributed by atoms with Gasteiger partial charge in [0.25, 0.3) is 11.8 Å². The minimum Gasteiger partial charge on any atom is -0.422 e. The van der Waals surface area contributed by atoms with E-state index in [1.807, 2.05) is 41.3 Å². The highest BCUT2D eigenvalue weighted by Gasteiger charge is 2.29. The molecule has 1 aliphatic rings. The van der Waals surface area contributed by atoms with Crippen LogP contribution in [0.25, 0.3) is 22.1 Å². The molecule has 0 spiro atoms. The number of amides is 2. The first-order valence-corrected chi connectivity index (χ1v) is 12.9. The zero-order chi connectivity index (χ0) is 26.8. The molecular formula is C33H26N2O4. The number of nitrogens with zero attached hydrogens (tertiary/aromatic N) is 1. The van der Waals surface area contributed by atoms with Gasteiger partial charge in [0.15, 0.2) is 0 Å². The van der Waals surface area contributed by atoms with E-state index in [1.165, 1.54) is 5.56 Å². The quantitative estimate of drug-likeness (QED) is 0.278. The fourth-order valence-corrected chi connectivity index (χ4v) is 5.15. The SMILES string of the molecule is O=C(Nc1ccccc1C(=O)N1CCC(c2ccccc2)C1)c1ccc(-c2cc3ccccc3oc2=O)cc1. The summed E-state index contributed by atoms with van der Waals surface area (Å²) in [4.78, 5) is 40.9. The van der Waals surface area contributed by atoms with Crippen molar-refractivity contribution in [2.24, 2.45) is 0 Å². The summed E-state index contributed by atoms with van der Waals surface area (Å²) in [6.07, 6.45) is 0.909. The van der Waals surface area contributed by atoms with Crippen molar-refractivity contribution >= 4 is 28.5 Å². The maximum Gasteiger partial charge on any atom is 0.344 e. The molecule has 0 radical (unpaired) electrons. The van der Waals surface area contributed by atoms with Crippen LogP contribution in [0.1, 0.15) is 38.6 Å². The highest BCUT2D eigenvalue weighted by Crippen LogP contribution is 2.29. The summed E-state index contributed by atoms with van der Waals surface area (Å²) >= 11 is 0. The molecule has 2 heterocycles. The van der Waals surface area contributed by atoms with Crippen LogP contribution < -0.4 is 10.9 Å². The van der Waals surface area contributed by atoms with Crippen LogP contribution in [0, 0.1) is 0 Å². The third-order valence-corrected chi connectivity index (χ3v) is 7.25. The summed E-state index contributed by atoms with van der Waals surface area (Å²) in [6.45, 7) is 1.32. The first-order chi connectivity index (χ1) is 19.1. The summed E-state index contributed by atoms with van der Waals surface area (Å²) in [6, 6.07) is 33.2. The lowest BCUT2D eigenvalue weighted by Crippen LogP contribution is -2.29.